The van der Waals surface area contributed by atoms with E-state index < -0.39 is 0 Å². The minimum atomic E-state index is -0.238. The number of Topliss-reactive ketones (excluding diaryl/α,β-unsaturated/α-hetero) is 1. The molecule has 0 aromatic carbocycles. The number of hydrogen-bond acceptors (Lipinski definition) is 2. The van der Waals surface area contributed by atoms with Gasteiger partial charge in [0, 0.05) is 11.8 Å². The Morgan fingerprint density at radius 2 is 2.07 bits per heavy atom. The van der Waals surface area contributed by atoms with E-state index in [1.807, 2.05) is 0 Å². The minimum Gasteiger partial charge on any atom is -0.393 e. The fraction of sp³-hybridized carbons (Fsp3) is 0.917. The third-order valence-corrected chi connectivity index (χ3v) is 4.25. The number of carbonyl (C=O) groups excluding carboxylic acids is 1. The molecule has 2 rings (SSSR count). The van der Waals surface area contributed by atoms with Crippen LogP contribution in [0.15, 0.2) is 0 Å². The predicted molar refractivity (Wildman–Crippen MR) is 54.9 cm³/mol. The van der Waals surface area contributed by atoms with E-state index in [2.05, 4.69) is 6.92 Å². The number of fused-ring (bicyclic) bond motifs is 1. The van der Waals surface area contributed by atoms with Crippen LogP contribution in [0.2, 0.25) is 0 Å². The molecule has 2 heteroatoms. The second-order valence-electron chi connectivity index (χ2n) is 5.22. The summed E-state index contributed by atoms with van der Waals surface area (Å²) in [6.45, 7) is 2.08. The molecule has 0 unspecified atom stereocenters. The van der Waals surface area contributed by atoms with Crippen LogP contribution in [0.5, 0.6) is 0 Å². The molecule has 3 atom stereocenters. The number of ketones is 1. The molecule has 0 heterocycles. The maximum atomic E-state index is 12.0. The van der Waals surface area contributed by atoms with Crippen molar-refractivity contribution in [3.8, 4) is 0 Å². The van der Waals surface area contributed by atoms with E-state index in [4.69, 9.17) is 0 Å². The van der Waals surface area contributed by atoms with Gasteiger partial charge >= 0.3 is 0 Å². The Morgan fingerprint density at radius 1 is 1.29 bits per heavy atom. The molecule has 0 aromatic heterocycles. The zero-order valence-electron chi connectivity index (χ0n) is 8.96. The van der Waals surface area contributed by atoms with Crippen molar-refractivity contribution in [2.24, 2.45) is 11.3 Å². The summed E-state index contributed by atoms with van der Waals surface area (Å²) < 4.78 is 0. The molecule has 0 radical (unpaired) electrons. The van der Waals surface area contributed by atoms with Crippen molar-refractivity contribution in [1.29, 1.82) is 0 Å². The van der Waals surface area contributed by atoms with Crippen molar-refractivity contribution in [3.05, 3.63) is 0 Å². The third-order valence-electron chi connectivity index (χ3n) is 4.25. The average molecular weight is 196 g/mol. The van der Waals surface area contributed by atoms with E-state index in [9.17, 15) is 9.90 Å². The molecule has 2 aliphatic rings. The molecule has 14 heavy (non-hydrogen) atoms. The van der Waals surface area contributed by atoms with Crippen molar-refractivity contribution < 1.29 is 9.90 Å². The summed E-state index contributed by atoms with van der Waals surface area (Å²) in [7, 11) is 0. The first-order valence-electron chi connectivity index (χ1n) is 5.84. The molecule has 2 aliphatic carbocycles. The fourth-order valence-electron chi connectivity index (χ4n) is 3.24. The molecule has 2 nitrogen and oxygen atoms in total. The lowest BCUT2D eigenvalue weighted by molar-refractivity contribution is -0.135. The topological polar surface area (TPSA) is 37.3 Å². The van der Waals surface area contributed by atoms with Crippen molar-refractivity contribution in [1.82, 2.24) is 0 Å². The van der Waals surface area contributed by atoms with Crippen molar-refractivity contribution in [2.45, 2.75) is 58.0 Å². The van der Waals surface area contributed by atoms with Gasteiger partial charge in [-0.05, 0) is 38.0 Å². The van der Waals surface area contributed by atoms with Gasteiger partial charge in [0.2, 0.25) is 0 Å². The van der Waals surface area contributed by atoms with Gasteiger partial charge in [-0.15, -0.1) is 0 Å². The molecule has 0 spiro atoms. The Kier molecular flexibility index (Phi) is 2.65. The lowest BCUT2D eigenvalue weighted by Gasteiger charge is -2.41. The molecule has 0 saturated heterocycles. The van der Waals surface area contributed by atoms with Crippen LogP contribution in [0.4, 0.5) is 0 Å². The molecule has 80 valence electrons. The third kappa shape index (κ3) is 1.60. The summed E-state index contributed by atoms with van der Waals surface area (Å²) >= 11 is 0. The van der Waals surface area contributed by atoms with Crippen LogP contribution in [0.1, 0.15) is 51.9 Å². The Morgan fingerprint density at radius 3 is 2.86 bits per heavy atom. The Hall–Kier alpha value is -0.370. The van der Waals surface area contributed by atoms with Gasteiger partial charge in [0.05, 0.1) is 6.10 Å². The maximum Gasteiger partial charge on any atom is 0.139 e. The van der Waals surface area contributed by atoms with E-state index in [1.54, 1.807) is 0 Å². The molecule has 2 saturated carbocycles. The molecular weight excluding hydrogens is 176 g/mol. The Balaban J connectivity index is 2.22. The summed E-state index contributed by atoms with van der Waals surface area (Å²) in [5.41, 5.74) is -0.200. The van der Waals surface area contributed by atoms with Crippen LogP contribution in [-0.2, 0) is 4.79 Å². The fourth-order valence-corrected chi connectivity index (χ4v) is 3.24. The highest BCUT2D eigenvalue weighted by Gasteiger charge is 2.45. The van der Waals surface area contributed by atoms with Crippen molar-refractivity contribution in [2.75, 3.05) is 0 Å². The number of hydrogen-bond donors (Lipinski definition) is 1. The maximum absolute atomic E-state index is 12.0. The molecule has 0 bridgehead atoms. The number of carbonyl (C=O) groups is 1. The van der Waals surface area contributed by atoms with E-state index in [-0.39, 0.29) is 11.5 Å². The van der Waals surface area contributed by atoms with Gasteiger partial charge in [-0.25, -0.2) is 0 Å². The lowest BCUT2D eigenvalue weighted by atomic mass is 9.63. The highest BCUT2D eigenvalue weighted by molar-refractivity contribution is 5.85. The summed E-state index contributed by atoms with van der Waals surface area (Å²) in [6.07, 6.45) is 6.59. The van der Waals surface area contributed by atoms with Gasteiger partial charge in [-0.2, -0.15) is 0 Å². The highest BCUT2D eigenvalue weighted by atomic mass is 16.3. The van der Waals surface area contributed by atoms with Gasteiger partial charge in [-0.1, -0.05) is 13.3 Å². The van der Waals surface area contributed by atoms with Gasteiger partial charge in [0.25, 0.3) is 0 Å². The van der Waals surface area contributed by atoms with Crippen LogP contribution < -0.4 is 0 Å². The van der Waals surface area contributed by atoms with Crippen molar-refractivity contribution in [3.63, 3.8) is 0 Å². The molecule has 0 aliphatic heterocycles. The van der Waals surface area contributed by atoms with Gasteiger partial charge in [0.1, 0.15) is 5.78 Å². The van der Waals surface area contributed by atoms with Crippen molar-refractivity contribution >= 4 is 5.78 Å². The van der Waals surface area contributed by atoms with Gasteiger partial charge in [-0.3, -0.25) is 4.79 Å². The SMILES string of the molecule is C[C@@]12C[C@@H](O)CC[C@@H]1CCCCC2=O. The van der Waals surface area contributed by atoms with Crippen LogP contribution in [0, 0.1) is 11.3 Å². The van der Waals surface area contributed by atoms with Crippen LogP contribution in [0.3, 0.4) is 0 Å². The zero-order valence-corrected chi connectivity index (χ0v) is 8.96. The lowest BCUT2D eigenvalue weighted by Crippen LogP contribution is -2.41. The first-order chi connectivity index (χ1) is 6.63. The monoisotopic (exact) mass is 196 g/mol. The van der Waals surface area contributed by atoms with Crippen LogP contribution in [-0.4, -0.2) is 17.0 Å². The second-order valence-corrected chi connectivity index (χ2v) is 5.22. The first kappa shape index (κ1) is 10.2. The van der Waals surface area contributed by atoms with E-state index in [0.717, 1.165) is 25.7 Å². The van der Waals surface area contributed by atoms with Crippen LogP contribution in [0.25, 0.3) is 0 Å². The summed E-state index contributed by atoms with van der Waals surface area (Å²) in [6, 6.07) is 0. The Labute approximate surface area is 85.7 Å². The second kappa shape index (κ2) is 3.65. The number of aliphatic hydroxyl groups is 1. The van der Waals surface area contributed by atoms with Crippen LogP contribution >= 0.6 is 0 Å². The quantitative estimate of drug-likeness (QED) is 0.645. The van der Waals surface area contributed by atoms with Gasteiger partial charge in [0.15, 0.2) is 0 Å². The molecule has 2 fully saturated rings. The molecular formula is C12H20O2. The predicted octanol–water partition coefficient (Wildman–Crippen LogP) is 2.30. The first-order valence-corrected chi connectivity index (χ1v) is 5.84. The summed E-state index contributed by atoms with van der Waals surface area (Å²) in [5.74, 6) is 0.944. The van der Waals surface area contributed by atoms with E-state index >= 15 is 0 Å². The standard InChI is InChI=1S/C12H20O2/c1-12-8-10(13)7-6-9(12)4-2-3-5-11(12)14/h9-10,13H,2-8H2,1H3/t9-,10-,12+/m0/s1. The van der Waals surface area contributed by atoms with Gasteiger partial charge < -0.3 is 5.11 Å². The molecule has 0 aromatic rings. The Bertz CT molecular complexity index is 236. The normalized spacial score (nSPS) is 44.3. The average Bonchev–Trinajstić information content (AvgIpc) is 2.26. The zero-order chi connectivity index (χ0) is 10.2. The largest absolute Gasteiger partial charge is 0.393 e. The molecule has 1 N–H and O–H groups in total. The van der Waals surface area contributed by atoms with E-state index in [0.29, 0.717) is 18.1 Å². The number of aliphatic hydroxyl groups excluding tert-OH is 1. The highest BCUT2D eigenvalue weighted by Crippen LogP contribution is 2.46. The summed E-state index contributed by atoms with van der Waals surface area (Å²) in [5, 5.41) is 9.67. The molecule has 0 amide bonds. The minimum absolute atomic E-state index is 0.200. The van der Waals surface area contributed by atoms with E-state index in [1.165, 1.54) is 12.8 Å². The summed E-state index contributed by atoms with van der Waals surface area (Å²) in [4.78, 5) is 12.0. The number of rotatable bonds is 0. The smallest absolute Gasteiger partial charge is 0.139 e.